The van der Waals surface area contributed by atoms with E-state index in [0.717, 1.165) is 19.6 Å². The summed E-state index contributed by atoms with van der Waals surface area (Å²) in [6.45, 7) is 3.47. The van der Waals surface area contributed by atoms with Crippen molar-refractivity contribution in [3.63, 3.8) is 0 Å². The van der Waals surface area contributed by atoms with Crippen LogP contribution < -0.4 is 4.31 Å². The summed E-state index contributed by atoms with van der Waals surface area (Å²) >= 11 is 0. The fourth-order valence-corrected chi connectivity index (χ4v) is 5.07. The van der Waals surface area contributed by atoms with Crippen LogP contribution in [0.4, 0.5) is 5.69 Å². The first-order chi connectivity index (χ1) is 13.5. The molecule has 1 aromatic heterocycles. The molecule has 0 aliphatic carbocycles. The molecular formula is C19H25N5O3S. The number of rotatable bonds is 4. The summed E-state index contributed by atoms with van der Waals surface area (Å²) < 4.78 is 28.8. The number of likely N-dealkylation sites (tertiary alicyclic amines) is 1. The zero-order chi connectivity index (χ0) is 19.7. The van der Waals surface area contributed by atoms with E-state index in [4.69, 9.17) is 4.84 Å². The van der Waals surface area contributed by atoms with Crippen molar-refractivity contribution in [3.05, 3.63) is 41.6 Å². The Hall–Kier alpha value is -2.39. The smallest absolute Gasteiger partial charge is 0.284 e. The summed E-state index contributed by atoms with van der Waals surface area (Å²) in [6.07, 6.45) is 5.42. The lowest BCUT2D eigenvalue weighted by molar-refractivity contribution is 0.103. The summed E-state index contributed by atoms with van der Waals surface area (Å²) in [4.78, 5) is 8.03. The fourth-order valence-electron chi connectivity index (χ4n) is 3.74. The van der Waals surface area contributed by atoms with Crippen LogP contribution in [0.15, 0.2) is 40.6 Å². The Balaban J connectivity index is 1.68. The van der Waals surface area contributed by atoms with Gasteiger partial charge in [-0.3, -0.25) is 13.9 Å². The van der Waals surface area contributed by atoms with Gasteiger partial charge in [0.25, 0.3) is 10.0 Å². The monoisotopic (exact) mass is 403 g/mol. The Morgan fingerprint density at radius 2 is 1.86 bits per heavy atom. The number of hydrogen-bond acceptors (Lipinski definition) is 6. The van der Waals surface area contributed by atoms with Gasteiger partial charge in [0, 0.05) is 32.4 Å². The number of benzene rings is 1. The van der Waals surface area contributed by atoms with E-state index in [9.17, 15) is 8.42 Å². The third kappa shape index (κ3) is 3.40. The second-order valence-electron chi connectivity index (χ2n) is 7.19. The third-order valence-electron chi connectivity index (χ3n) is 5.26. The van der Waals surface area contributed by atoms with E-state index in [1.54, 1.807) is 19.3 Å². The molecule has 3 heterocycles. The van der Waals surface area contributed by atoms with Crippen LogP contribution in [0.25, 0.3) is 0 Å². The predicted octanol–water partition coefficient (Wildman–Crippen LogP) is 1.81. The molecule has 0 saturated carbocycles. The summed E-state index contributed by atoms with van der Waals surface area (Å²) in [5, 5.41) is 8.55. The van der Waals surface area contributed by atoms with Crippen molar-refractivity contribution in [2.75, 3.05) is 37.6 Å². The minimum Gasteiger partial charge on any atom is -0.394 e. The van der Waals surface area contributed by atoms with Crippen LogP contribution in [0.2, 0.25) is 0 Å². The standard InChI is InChI=1S/C19H25N5O3S/c1-22-14-16-18(21-27-13-12-24-10-6-3-7-11-24)15-8-4-5-9-17(15)23(2)28(25,26)19(16)20-22/h4-5,8-9,14H,3,6-7,10-13H2,1-2H3/b21-18+. The molecule has 4 rings (SSSR count). The van der Waals surface area contributed by atoms with Crippen molar-refractivity contribution in [1.29, 1.82) is 0 Å². The minimum atomic E-state index is -3.77. The summed E-state index contributed by atoms with van der Waals surface area (Å²) in [6, 6.07) is 7.30. The summed E-state index contributed by atoms with van der Waals surface area (Å²) in [5.74, 6) is 0. The highest BCUT2D eigenvalue weighted by atomic mass is 32.2. The maximum absolute atomic E-state index is 13.0. The second-order valence-corrected chi connectivity index (χ2v) is 9.07. The van der Waals surface area contributed by atoms with Gasteiger partial charge in [-0.05, 0) is 32.0 Å². The molecular weight excluding hydrogens is 378 g/mol. The lowest BCUT2D eigenvalue weighted by Crippen LogP contribution is -2.32. The van der Waals surface area contributed by atoms with Crippen LogP contribution in [0.5, 0.6) is 0 Å². The Kier molecular flexibility index (Phi) is 5.11. The molecule has 2 aliphatic rings. The Bertz CT molecular complexity index is 993. The number of hydrogen-bond donors (Lipinski definition) is 0. The maximum Gasteiger partial charge on any atom is 0.284 e. The molecule has 2 aliphatic heterocycles. The number of anilines is 1. The lowest BCUT2D eigenvalue weighted by atomic mass is 10.0. The number of nitrogens with zero attached hydrogens (tertiary/aromatic N) is 5. The zero-order valence-corrected chi connectivity index (χ0v) is 17.0. The first-order valence-electron chi connectivity index (χ1n) is 9.53. The first-order valence-corrected chi connectivity index (χ1v) is 11.0. The number of fused-ring (bicyclic) bond motifs is 2. The average molecular weight is 404 g/mol. The Morgan fingerprint density at radius 3 is 2.64 bits per heavy atom. The first kappa shape index (κ1) is 18.9. The van der Waals surface area contributed by atoms with Gasteiger partial charge in [0.2, 0.25) is 5.03 Å². The molecule has 2 aromatic rings. The second kappa shape index (κ2) is 7.56. The molecule has 1 aromatic carbocycles. The number of aryl methyl sites for hydroxylation is 1. The van der Waals surface area contributed by atoms with Gasteiger partial charge >= 0.3 is 0 Å². The van der Waals surface area contributed by atoms with Gasteiger partial charge in [-0.25, -0.2) is 0 Å². The number of oxime groups is 1. The van der Waals surface area contributed by atoms with Crippen LogP contribution in [-0.2, 0) is 21.9 Å². The Labute approximate surface area is 165 Å². The van der Waals surface area contributed by atoms with E-state index < -0.39 is 10.0 Å². The normalized spacial score (nSPS) is 20.5. The highest BCUT2D eigenvalue weighted by molar-refractivity contribution is 7.92. The van der Waals surface area contributed by atoms with Gasteiger partial charge in [0.05, 0.1) is 11.3 Å². The summed E-state index contributed by atoms with van der Waals surface area (Å²) in [7, 11) is -0.540. The van der Waals surface area contributed by atoms with Gasteiger partial charge in [-0.2, -0.15) is 13.5 Å². The zero-order valence-electron chi connectivity index (χ0n) is 16.2. The number of para-hydroxylation sites is 1. The van der Waals surface area contributed by atoms with Gasteiger partial charge in [0.15, 0.2) is 0 Å². The van der Waals surface area contributed by atoms with Crippen molar-refractivity contribution < 1.29 is 13.3 Å². The topological polar surface area (TPSA) is 80.0 Å². The molecule has 0 radical (unpaired) electrons. The molecule has 0 atom stereocenters. The third-order valence-corrected chi connectivity index (χ3v) is 6.96. The van der Waals surface area contributed by atoms with E-state index >= 15 is 0 Å². The number of piperidine rings is 1. The average Bonchev–Trinajstić information content (AvgIpc) is 3.08. The van der Waals surface area contributed by atoms with Crippen LogP contribution in [0.1, 0.15) is 30.4 Å². The van der Waals surface area contributed by atoms with E-state index in [0.29, 0.717) is 29.1 Å². The Morgan fingerprint density at radius 1 is 1.11 bits per heavy atom. The number of aromatic nitrogens is 2. The van der Waals surface area contributed by atoms with Crippen molar-refractivity contribution in [2.45, 2.75) is 24.3 Å². The van der Waals surface area contributed by atoms with Gasteiger partial charge in [-0.1, -0.05) is 29.8 Å². The molecule has 9 heteroatoms. The number of sulfonamides is 1. The van der Waals surface area contributed by atoms with Crippen molar-refractivity contribution in [2.24, 2.45) is 12.2 Å². The minimum absolute atomic E-state index is 0.00733. The quantitative estimate of drug-likeness (QED) is 0.575. The van der Waals surface area contributed by atoms with Gasteiger partial charge in [-0.15, -0.1) is 0 Å². The SMILES string of the molecule is CN1c2ccccc2/C(=N\OCCN2CCCCC2)c2cn(C)nc2S1(=O)=O. The molecule has 0 unspecified atom stereocenters. The lowest BCUT2D eigenvalue weighted by Gasteiger charge is -2.25. The highest BCUT2D eigenvalue weighted by Crippen LogP contribution is 2.33. The van der Waals surface area contributed by atoms with E-state index in [2.05, 4.69) is 15.2 Å². The van der Waals surface area contributed by atoms with Crippen LogP contribution in [-0.4, -0.2) is 62.1 Å². The summed E-state index contributed by atoms with van der Waals surface area (Å²) in [5.41, 5.74) is 2.21. The van der Waals surface area contributed by atoms with Crippen LogP contribution in [0.3, 0.4) is 0 Å². The van der Waals surface area contributed by atoms with Gasteiger partial charge < -0.3 is 4.84 Å². The van der Waals surface area contributed by atoms with E-state index in [-0.39, 0.29) is 5.03 Å². The highest BCUT2D eigenvalue weighted by Gasteiger charge is 2.36. The molecule has 28 heavy (non-hydrogen) atoms. The molecule has 8 nitrogen and oxygen atoms in total. The van der Waals surface area contributed by atoms with Crippen LogP contribution >= 0.6 is 0 Å². The largest absolute Gasteiger partial charge is 0.394 e. The maximum atomic E-state index is 13.0. The predicted molar refractivity (Wildman–Crippen MR) is 107 cm³/mol. The van der Waals surface area contributed by atoms with Crippen LogP contribution in [0, 0.1) is 0 Å². The molecule has 1 saturated heterocycles. The van der Waals surface area contributed by atoms with Crippen molar-refractivity contribution >= 4 is 21.4 Å². The molecule has 0 bridgehead atoms. The molecule has 0 N–H and O–H groups in total. The molecule has 0 spiro atoms. The van der Waals surface area contributed by atoms with Crippen molar-refractivity contribution in [1.82, 2.24) is 14.7 Å². The van der Waals surface area contributed by atoms with E-state index in [1.807, 2.05) is 18.2 Å². The molecule has 150 valence electrons. The molecule has 0 amide bonds. The van der Waals surface area contributed by atoms with Crippen molar-refractivity contribution in [3.8, 4) is 0 Å². The van der Waals surface area contributed by atoms with Gasteiger partial charge in [0.1, 0.15) is 12.3 Å². The van der Waals surface area contributed by atoms with E-state index in [1.165, 1.54) is 35.3 Å². The molecule has 1 fully saturated rings. The fraction of sp³-hybridized carbons (Fsp3) is 0.474.